The molecule has 0 spiro atoms. The minimum Gasteiger partial charge on any atom is -0.258 e. The third kappa shape index (κ3) is 2.57. The number of benzene rings is 1. The Hall–Kier alpha value is -2.01. The van der Waals surface area contributed by atoms with Crippen LogP contribution in [0, 0.1) is 10.1 Å². The summed E-state index contributed by atoms with van der Waals surface area (Å²) in [7, 11) is 0. The molecule has 1 aromatic carbocycles. The average Bonchev–Trinajstić information content (AvgIpc) is 2.32. The van der Waals surface area contributed by atoms with Crippen LogP contribution >= 0.6 is 11.6 Å². The van der Waals surface area contributed by atoms with Crippen LogP contribution in [-0.4, -0.2) is 14.9 Å². The van der Waals surface area contributed by atoms with Crippen molar-refractivity contribution in [2.45, 2.75) is 6.42 Å². The van der Waals surface area contributed by atoms with E-state index in [9.17, 15) is 10.1 Å². The Labute approximate surface area is 102 Å². The molecule has 1 heterocycles. The number of rotatable bonds is 3. The molecule has 0 fully saturated rings. The normalized spacial score (nSPS) is 10.2. The fourth-order valence-electron chi connectivity index (χ4n) is 1.49. The van der Waals surface area contributed by atoms with Crippen molar-refractivity contribution in [3.63, 3.8) is 0 Å². The van der Waals surface area contributed by atoms with Gasteiger partial charge in [-0.3, -0.25) is 15.1 Å². The molecule has 0 unspecified atom stereocenters. The van der Waals surface area contributed by atoms with E-state index in [1.54, 1.807) is 18.2 Å². The van der Waals surface area contributed by atoms with Crippen molar-refractivity contribution < 1.29 is 4.92 Å². The molecule has 0 saturated heterocycles. The molecule has 0 aliphatic carbocycles. The van der Waals surface area contributed by atoms with Gasteiger partial charge in [0, 0.05) is 30.4 Å². The van der Waals surface area contributed by atoms with Crippen LogP contribution in [0.15, 0.2) is 36.7 Å². The molecule has 1 aromatic heterocycles. The van der Waals surface area contributed by atoms with Gasteiger partial charge in [-0.15, -0.1) is 0 Å². The zero-order chi connectivity index (χ0) is 12.3. The number of nitro groups is 1. The summed E-state index contributed by atoms with van der Waals surface area (Å²) in [4.78, 5) is 18.4. The number of hydrogen-bond donors (Lipinski definition) is 0. The molecule has 2 rings (SSSR count). The molecule has 86 valence electrons. The van der Waals surface area contributed by atoms with Crippen LogP contribution in [0.4, 0.5) is 5.69 Å². The highest BCUT2D eigenvalue weighted by atomic mass is 35.5. The fraction of sp³-hybridized carbons (Fsp3) is 0.0909. The van der Waals surface area contributed by atoms with E-state index < -0.39 is 4.92 Å². The second kappa shape index (κ2) is 4.88. The van der Waals surface area contributed by atoms with Crippen LogP contribution in [0.1, 0.15) is 11.3 Å². The summed E-state index contributed by atoms with van der Waals surface area (Å²) in [6, 6.07) is 6.51. The summed E-state index contributed by atoms with van der Waals surface area (Å²) in [5.74, 6) is 0. The number of aromatic nitrogens is 2. The van der Waals surface area contributed by atoms with Crippen LogP contribution in [0.5, 0.6) is 0 Å². The number of halogens is 1. The lowest BCUT2D eigenvalue weighted by Crippen LogP contribution is -1.99. The van der Waals surface area contributed by atoms with Crippen LogP contribution < -0.4 is 0 Å². The van der Waals surface area contributed by atoms with Crippen molar-refractivity contribution in [3.05, 3.63) is 63.2 Å². The second-order valence-corrected chi connectivity index (χ2v) is 3.71. The van der Waals surface area contributed by atoms with Crippen molar-refractivity contribution in [2.75, 3.05) is 0 Å². The first kappa shape index (κ1) is 11.5. The number of hydrogen-bond acceptors (Lipinski definition) is 4. The topological polar surface area (TPSA) is 68.9 Å². The fourth-order valence-corrected chi connectivity index (χ4v) is 1.66. The molecule has 0 bridgehead atoms. The molecule has 0 aliphatic rings. The molecule has 2 aromatic rings. The van der Waals surface area contributed by atoms with E-state index in [0.29, 0.717) is 17.7 Å². The van der Waals surface area contributed by atoms with Crippen LogP contribution in [-0.2, 0) is 6.42 Å². The van der Waals surface area contributed by atoms with Gasteiger partial charge in [-0.1, -0.05) is 29.8 Å². The third-order valence-electron chi connectivity index (χ3n) is 2.27. The first-order valence-electron chi connectivity index (χ1n) is 4.86. The summed E-state index contributed by atoms with van der Waals surface area (Å²) in [6.45, 7) is 0. The van der Waals surface area contributed by atoms with Gasteiger partial charge < -0.3 is 0 Å². The molecule has 0 saturated carbocycles. The number of nitro benzene ring substituents is 1. The molecule has 6 heteroatoms. The number of nitrogens with zero attached hydrogens (tertiary/aromatic N) is 3. The highest BCUT2D eigenvalue weighted by molar-refractivity contribution is 6.30. The van der Waals surface area contributed by atoms with Gasteiger partial charge in [0.05, 0.1) is 10.6 Å². The van der Waals surface area contributed by atoms with Gasteiger partial charge >= 0.3 is 0 Å². The lowest BCUT2D eigenvalue weighted by molar-refractivity contribution is -0.385. The monoisotopic (exact) mass is 249 g/mol. The van der Waals surface area contributed by atoms with Gasteiger partial charge in [0.25, 0.3) is 5.69 Å². The molecular formula is C11H8ClN3O2. The van der Waals surface area contributed by atoms with Crippen molar-refractivity contribution >= 4 is 17.3 Å². The first-order valence-corrected chi connectivity index (χ1v) is 5.24. The summed E-state index contributed by atoms with van der Waals surface area (Å²) in [5, 5.41) is 11.1. The molecule has 0 atom stereocenters. The lowest BCUT2D eigenvalue weighted by Gasteiger charge is -2.03. The van der Waals surface area contributed by atoms with Crippen LogP contribution in [0.25, 0.3) is 0 Å². The van der Waals surface area contributed by atoms with E-state index in [0.717, 1.165) is 0 Å². The maximum Gasteiger partial charge on any atom is 0.272 e. The van der Waals surface area contributed by atoms with E-state index in [-0.39, 0.29) is 10.8 Å². The predicted octanol–water partition coefficient (Wildman–Crippen LogP) is 2.63. The maximum absolute atomic E-state index is 10.8. The van der Waals surface area contributed by atoms with Crippen molar-refractivity contribution in [3.8, 4) is 0 Å². The summed E-state index contributed by atoms with van der Waals surface area (Å²) in [5.41, 5.74) is 1.16. The summed E-state index contributed by atoms with van der Waals surface area (Å²) >= 11 is 5.86. The Morgan fingerprint density at radius 1 is 1.24 bits per heavy atom. The Morgan fingerprint density at radius 2 is 1.94 bits per heavy atom. The molecule has 0 N–H and O–H groups in total. The minimum absolute atomic E-state index is 0.0641. The first-order chi connectivity index (χ1) is 8.18. The van der Waals surface area contributed by atoms with Gasteiger partial charge in [-0.2, -0.15) is 0 Å². The Kier molecular flexibility index (Phi) is 3.30. The Morgan fingerprint density at radius 3 is 2.65 bits per heavy atom. The Bertz CT molecular complexity index is 560. The second-order valence-electron chi connectivity index (χ2n) is 3.36. The van der Waals surface area contributed by atoms with Crippen molar-refractivity contribution in [2.24, 2.45) is 0 Å². The van der Waals surface area contributed by atoms with Crippen LogP contribution in [0.2, 0.25) is 5.15 Å². The van der Waals surface area contributed by atoms with Crippen molar-refractivity contribution in [1.29, 1.82) is 0 Å². The smallest absolute Gasteiger partial charge is 0.258 e. The summed E-state index contributed by atoms with van der Waals surface area (Å²) < 4.78 is 0. The SMILES string of the molecule is O=[N+]([O-])c1ccccc1Cc1nccnc1Cl. The zero-order valence-corrected chi connectivity index (χ0v) is 9.46. The van der Waals surface area contributed by atoms with Gasteiger partial charge in [0.1, 0.15) is 0 Å². The molecular weight excluding hydrogens is 242 g/mol. The zero-order valence-electron chi connectivity index (χ0n) is 8.71. The van der Waals surface area contributed by atoms with E-state index in [2.05, 4.69) is 9.97 Å². The largest absolute Gasteiger partial charge is 0.272 e. The predicted molar refractivity (Wildman–Crippen MR) is 62.9 cm³/mol. The third-order valence-corrected chi connectivity index (χ3v) is 2.58. The highest BCUT2D eigenvalue weighted by Gasteiger charge is 2.14. The number of para-hydroxylation sites is 1. The molecule has 0 aliphatic heterocycles. The molecule has 5 nitrogen and oxygen atoms in total. The quantitative estimate of drug-likeness (QED) is 0.619. The Balaban J connectivity index is 2.37. The average molecular weight is 250 g/mol. The maximum atomic E-state index is 10.8. The van der Waals surface area contributed by atoms with E-state index in [1.807, 2.05) is 0 Å². The standard InChI is InChI=1S/C11H8ClN3O2/c12-11-9(13-5-6-14-11)7-8-3-1-2-4-10(8)15(16)17/h1-6H,7H2. The van der Waals surface area contributed by atoms with E-state index in [4.69, 9.17) is 11.6 Å². The minimum atomic E-state index is -0.417. The summed E-state index contributed by atoms with van der Waals surface area (Å²) in [6.07, 6.45) is 3.28. The van der Waals surface area contributed by atoms with Gasteiger partial charge in [-0.25, -0.2) is 4.98 Å². The van der Waals surface area contributed by atoms with E-state index in [1.165, 1.54) is 18.5 Å². The van der Waals surface area contributed by atoms with Crippen LogP contribution in [0.3, 0.4) is 0 Å². The van der Waals surface area contributed by atoms with Crippen molar-refractivity contribution in [1.82, 2.24) is 9.97 Å². The highest BCUT2D eigenvalue weighted by Crippen LogP contribution is 2.22. The lowest BCUT2D eigenvalue weighted by atomic mass is 10.1. The van der Waals surface area contributed by atoms with Gasteiger partial charge in [-0.05, 0) is 0 Å². The van der Waals surface area contributed by atoms with Gasteiger partial charge in [0.15, 0.2) is 5.15 Å². The molecule has 0 amide bonds. The van der Waals surface area contributed by atoms with Gasteiger partial charge in [0.2, 0.25) is 0 Å². The van der Waals surface area contributed by atoms with E-state index >= 15 is 0 Å². The molecule has 17 heavy (non-hydrogen) atoms. The molecule has 0 radical (unpaired) electrons.